The number of carbonyl (C=O) groups is 1. The van der Waals surface area contributed by atoms with Crippen LogP contribution in [-0.4, -0.2) is 26.7 Å². The van der Waals surface area contributed by atoms with Crippen LogP contribution in [-0.2, 0) is 0 Å². The summed E-state index contributed by atoms with van der Waals surface area (Å²) in [7, 11) is 0. The zero-order chi connectivity index (χ0) is 19.5. The number of Topliss-reactive ketones (excluding diaryl/α,β-unsaturated/α-hetero) is 1. The first-order valence-corrected chi connectivity index (χ1v) is 11.1. The molecule has 0 aliphatic carbocycles. The second kappa shape index (κ2) is 8.30. The molecule has 3 aromatic heterocycles. The summed E-state index contributed by atoms with van der Waals surface area (Å²) in [5, 5.41) is 11.9. The van der Waals surface area contributed by atoms with Gasteiger partial charge in [0.25, 0.3) is 0 Å². The maximum Gasteiger partial charge on any atom is 0.183 e. The van der Waals surface area contributed by atoms with Gasteiger partial charge in [0, 0.05) is 5.56 Å². The first kappa shape index (κ1) is 18.9. The number of halogens is 1. The first-order chi connectivity index (χ1) is 13.6. The number of ketones is 1. The lowest BCUT2D eigenvalue weighted by atomic mass is 10.2. The third kappa shape index (κ3) is 4.19. The van der Waals surface area contributed by atoms with Crippen LogP contribution >= 0.6 is 34.4 Å². The highest BCUT2D eigenvalue weighted by atomic mass is 32.2. The van der Waals surface area contributed by atoms with E-state index in [-0.39, 0.29) is 11.6 Å². The molecule has 8 heteroatoms. The fourth-order valence-electron chi connectivity index (χ4n) is 2.52. The second-order valence-corrected chi connectivity index (χ2v) is 8.83. The lowest BCUT2D eigenvalue weighted by Crippen LogP contribution is -2.00. The molecule has 3 heterocycles. The van der Waals surface area contributed by atoms with Gasteiger partial charge in [-0.05, 0) is 54.8 Å². The average Bonchev–Trinajstić information content (AvgIpc) is 3.37. The van der Waals surface area contributed by atoms with Crippen molar-refractivity contribution < 1.29 is 9.18 Å². The van der Waals surface area contributed by atoms with Gasteiger partial charge in [0.2, 0.25) is 0 Å². The van der Waals surface area contributed by atoms with Gasteiger partial charge in [0.15, 0.2) is 5.78 Å². The highest BCUT2D eigenvalue weighted by Gasteiger charge is 2.14. The molecule has 0 atom stereocenters. The summed E-state index contributed by atoms with van der Waals surface area (Å²) in [6, 6.07) is 13.7. The van der Waals surface area contributed by atoms with Crippen LogP contribution in [0.15, 0.2) is 58.9 Å². The van der Waals surface area contributed by atoms with Gasteiger partial charge in [-0.25, -0.2) is 9.37 Å². The summed E-state index contributed by atoms with van der Waals surface area (Å²) in [5.74, 6) is 0.157. The van der Waals surface area contributed by atoms with E-state index in [9.17, 15) is 9.18 Å². The number of hydrogen-bond acceptors (Lipinski definition) is 7. The van der Waals surface area contributed by atoms with Crippen LogP contribution in [0, 0.1) is 12.7 Å². The molecule has 0 aliphatic heterocycles. The van der Waals surface area contributed by atoms with Crippen molar-refractivity contribution in [3.05, 3.63) is 70.3 Å². The molecule has 0 unspecified atom stereocenters. The van der Waals surface area contributed by atoms with E-state index < -0.39 is 0 Å². The Balaban J connectivity index is 1.48. The minimum atomic E-state index is -0.270. The van der Waals surface area contributed by atoms with Gasteiger partial charge in [-0.3, -0.25) is 4.79 Å². The van der Waals surface area contributed by atoms with Crippen molar-refractivity contribution >= 4 is 40.2 Å². The molecule has 0 saturated heterocycles. The van der Waals surface area contributed by atoms with Crippen LogP contribution in [0.2, 0.25) is 0 Å². The molecular weight excluding hydrogens is 413 g/mol. The number of aryl methyl sites for hydroxylation is 1. The Bertz CT molecular complexity index is 1090. The topological polar surface area (TPSA) is 55.7 Å². The number of hydrogen-bond donors (Lipinski definition) is 0. The second-order valence-electron chi connectivity index (χ2n) is 5.89. The Morgan fingerprint density at radius 3 is 2.61 bits per heavy atom. The number of thiazole rings is 1. The molecule has 0 fully saturated rings. The summed E-state index contributed by atoms with van der Waals surface area (Å²) in [5.41, 5.74) is 2.46. The zero-order valence-corrected chi connectivity index (χ0v) is 17.2. The number of thiophene rings is 1. The standard InChI is InChI=1S/C20H14FN3OS3/c1-12-19(28-20(22-12)13-4-6-14(21)7-5-13)15-8-9-18(24-23-15)27-11-16(25)17-3-2-10-26-17/h2-10H,11H2,1H3. The highest BCUT2D eigenvalue weighted by molar-refractivity contribution is 7.99. The first-order valence-electron chi connectivity index (χ1n) is 8.37. The molecule has 0 saturated carbocycles. The molecule has 0 spiro atoms. The molecule has 4 rings (SSSR count). The smallest absolute Gasteiger partial charge is 0.183 e. The van der Waals surface area contributed by atoms with Gasteiger partial charge in [-0.2, -0.15) is 0 Å². The largest absolute Gasteiger partial charge is 0.292 e. The van der Waals surface area contributed by atoms with Crippen molar-refractivity contribution in [2.75, 3.05) is 5.75 Å². The quantitative estimate of drug-likeness (QED) is 0.290. The Hall–Kier alpha value is -2.42. The van der Waals surface area contributed by atoms with Gasteiger partial charge in [0.05, 0.1) is 21.2 Å². The number of carbonyl (C=O) groups excluding carboxylic acids is 1. The molecular formula is C20H14FN3OS3. The predicted molar refractivity (Wildman–Crippen MR) is 113 cm³/mol. The molecule has 0 amide bonds. The van der Waals surface area contributed by atoms with Crippen molar-refractivity contribution in [3.8, 4) is 21.1 Å². The van der Waals surface area contributed by atoms with E-state index in [0.717, 1.165) is 31.7 Å². The van der Waals surface area contributed by atoms with Crippen LogP contribution < -0.4 is 0 Å². The number of thioether (sulfide) groups is 1. The highest BCUT2D eigenvalue weighted by Crippen LogP contribution is 2.34. The number of nitrogens with zero attached hydrogens (tertiary/aromatic N) is 3. The summed E-state index contributed by atoms with van der Waals surface area (Å²) in [6.07, 6.45) is 0. The maximum atomic E-state index is 13.1. The van der Waals surface area contributed by atoms with Gasteiger partial charge >= 0.3 is 0 Å². The van der Waals surface area contributed by atoms with Gasteiger partial charge < -0.3 is 0 Å². The molecule has 0 N–H and O–H groups in total. The lowest BCUT2D eigenvalue weighted by molar-refractivity contribution is 0.102. The van der Waals surface area contributed by atoms with Crippen LogP contribution in [0.5, 0.6) is 0 Å². The van der Waals surface area contributed by atoms with Crippen LogP contribution in [0.3, 0.4) is 0 Å². The van der Waals surface area contributed by atoms with E-state index >= 15 is 0 Å². The monoisotopic (exact) mass is 427 g/mol. The fourth-order valence-corrected chi connectivity index (χ4v) is 5.01. The Labute approximate surface area is 173 Å². The Morgan fingerprint density at radius 1 is 1.11 bits per heavy atom. The van der Waals surface area contributed by atoms with E-state index in [2.05, 4.69) is 15.2 Å². The van der Waals surface area contributed by atoms with Crippen LogP contribution in [0.1, 0.15) is 15.4 Å². The Kier molecular flexibility index (Phi) is 5.61. The minimum Gasteiger partial charge on any atom is -0.292 e. The van der Waals surface area contributed by atoms with E-state index in [4.69, 9.17) is 0 Å². The van der Waals surface area contributed by atoms with Gasteiger partial charge in [0.1, 0.15) is 21.5 Å². The van der Waals surface area contributed by atoms with Crippen LogP contribution in [0.25, 0.3) is 21.1 Å². The predicted octanol–water partition coefficient (Wildman–Crippen LogP) is 5.75. The minimum absolute atomic E-state index is 0.0908. The van der Waals surface area contributed by atoms with Crippen molar-refractivity contribution in [3.63, 3.8) is 0 Å². The van der Waals surface area contributed by atoms with Gasteiger partial charge in [-0.1, -0.05) is 17.8 Å². The molecule has 0 aliphatic rings. The molecule has 140 valence electrons. The third-order valence-corrected chi connectivity index (χ3v) is 6.97. The average molecular weight is 428 g/mol. The van der Waals surface area contributed by atoms with Crippen molar-refractivity contribution in [2.24, 2.45) is 0 Å². The van der Waals surface area contributed by atoms with Crippen molar-refractivity contribution in [2.45, 2.75) is 11.9 Å². The van der Waals surface area contributed by atoms with E-state index in [1.54, 1.807) is 12.1 Å². The molecule has 28 heavy (non-hydrogen) atoms. The van der Waals surface area contributed by atoms with Crippen molar-refractivity contribution in [1.29, 1.82) is 0 Å². The summed E-state index contributed by atoms with van der Waals surface area (Å²) in [6.45, 7) is 1.92. The normalized spacial score (nSPS) is 10.9. The van der Waals surface area contributed by atoms with E-state index in [1.807, 2.05) is 36.6 Å². The molecule has 0 radical (unpaired) electrons. The molecule has 4 nitrogen and oxygen atoms in total. The Morgan fingerprint density at radius 2 is 1.93 bits per heavy atom. The number of rotatable bonds is 6. The lowest BCUT2D eigenvalue weighted by Gasteiger charge is -2.01. The summed E-state index contributed by atoms with van der Waals surface area (Å²) < 4.78 is 13.1. The van der Waals surface area contributed by atoms with Crippen molar-refractivity contribution in [1.82, 2.24) is 15.2 Å². The van der Waals surface area contributed by atoms with Gasteiger partial charge in [-0.15, -0.1) is 32.9 Å². The summed E-state index contributed by atoms with van der Waals surface area (Å²) >= 11 is 4.32. The zero-order valence-electron chi connectivity index (χ0n) is 14.8. The SMILES string of the molecule is Cc1nc(-c2ccc(F)cc2)sc1-c1ccc(SCC(=O)c2cccs2)nn1. The number of aromatic nitrogens is 3. The van der Waals surface area contributed by atoms with E-state index in [1.165, 1.54) is 46.6 Å². The fraction of sp³-hybridized carbons (Fsp3) is 0.100. The maximum absolute atomic E-state index is 13.1. The third-order valence-electron chi connectivity index (χ3n) is 3.91. The number of benzene rings is 1. The van der Waals surface area contributed by atoms with E-state index in [0.29, 0.717) is 10.8 Å². The summed E-state index contributed by atoms with van der Waals surface area (Å²) in [4.78, 5) is 18.3. The molecule has 1 aromatic carbocycles. The molecule has 0 bridgehead atoms. The van der Waals surface area contributed by atoms with Crippen LogP contribution in [0.4, 0.5) is 4.39 Å². The molecule has 4 aromatic rings.